The van der Waals surface area contributed by atoms with E-state index < -0.39 is 23.8 Å². The summed E-state index contributed by atoms with van der Waals surface area (Å²) in [6.45, 7) is 3.13. The molecular formula is C18H16Cl2FNO4. The lowest BCUT2D eigenvalue weighted by molar-refractivity contribution is -0.123. The molecule has 1 atom stereocenters. The summed E-state index contributed by atoms with van der Waals surface area (Å²) in [6, 6.07) is 6.67. The van der Waals surface area contributed by atoms with Crippen molar-refractivity contribution in [3.8, 4) is 5.75 Å². The standard InChI is InChI=1S/C18H16Cl2FNO4/c1-9-6-15(16(25-3)8-13(9)20)22-17(23)10(2)26-18(24)12-7-11(19)4-5-14(12)21/h4-8,10H,1-3H3,(H,22,23). The van der Waals surface area contributed by atoms with Gasteiger partial charge in [-0.3, -0.25) is 4.79 Å². The highest BCUT2D eigenvalue weighted by Crippen LogP contribution is 2.31. The molecule has 0 aliphatic carbocycles. The summed E-state index contributed by atoms with van der Waals surface area (Å²) in [5.74, 6) is -2.04. The molecule has 0 aliphatic heterocycles. The van der Waals surface area contributed by atoms with Gasteiger partial charge in [0.1, 0.15) is 11.6 Å². The highest BCUT2D eigenvalue weighted by atomic mass is 35.5. The zero-order valence-corrected chi connectivity index (χ0v) is 15.7. The van der Waals surface area contributed by atoms with Crippen molar-refractivity contribution in [1.29, 1.82) is 0 Å². The Hall–Kier alpha value is -2.31. The van der Waals surface area contributed by atoms with E-state index in [9.17, 15) is 14.0 Å². The van der Waals surface area contributed by atoms with Crippen LogP contribution in [0.5, 0.6) is 5.75 Å². The second kappa shape index (κ2) is 8.38. The first-order valence-corrected chi connectivity index (χ1v) is 8.29. The molecule has 0 saturated heterocycles. The average molecular weight is 400 g/mol. The van der Waals surface area contributed by atoms with Gasteiger partial charge in [-0.15, -0.1) is 0 Å². The van der Waals surface area contributed by atoms with Crippen LogP contribution in [0.2, 0.25) is 10.0 Å². The predicted octanol–water partition coefficient (Wildman–Crippen LogP) is 4.63. The summed E-state index contributed by atoms with van der Waals surface area (Å²) in [6.07, 6.45) is -1.18. The SMILES string of the molecule is COc1cc(Cl)c(C)cc1NC(=O)C(C)OC(=O)c1cc(Cl)ccc1F. The number of rotatable bonds is 5. The summed E-state index contributed by atoms with van der Waals surface area (Å²) in [7, 11) is 1.43. The molecule has 2 rings (SSSR count). The minimum atomic E-state index is -1.18. The van der Waals surface area contributed by atoms with Gasteiger partial charge in [0.25, 0.3) is 5.91 Å². The van der Waals surface area contributed by atoms with Crippen LogP contribution in [0.4, 0.5) is 10.1 Å². The number of aryl methyl sites for hydroxylation is 1. The van der Waals surface area contributed by atoms with E-state index in [1.165, 1.54) is 20.1 Å². The zero-order chi connectivity index (χ0) is 19.4. The molecule has 0 spiro atoms. The molecule has 5 nitrogen and oxygen atoms in total. The van der Waals surface area contributed by atoms with Crippen LogP contribution >= 0.6 is 23.2 Å². The predicted molar refractivity (Wildman–Crippen MR) is 97.7 cm³/mol. The van der Waals surface area contributed by atoms with Crippen LogP contribution < -0.4 is 10.1 Å². The molecule has 0 saturated carbocycles. The lowest BCUT2D eigenvalue weighted by Crippen LogP contribution is -2.30. The quantitative estimate of drug-likeness (QED) is 0.744. The molecule has 0 bridgehead atoms. The third kappa shape index (κ3) is 4.65. The number of anilines is 1. The molecule has 2 aromatic rings. The van der Waals surface area contributed by atoms with Crippen LogP contribution in [0.3, 0.4) is 0 Å². The van der Waals surface area contributed by atoms with Crippen molar-refractivity contribution in [1.82, 2.24) is 0 Å². The van der Waals surface area contributed by atoms with Crippen LogP contribution in [-0.4, -0.2) is 25.1 Å². The Kier molecular flexibility index (Phi) is 6.45. The van der Waals surface area contributed by atoms with Crippen molar-refractivity contribution in [3.05, 3.63) is 57.3 Å². The number of carbonyl (C=O) groups is 2. The van der Waals surface area contributed by atoms with E-state index in [0.29, 0.717) is 16.5 Å². The van der Waals surface area contributed by atoms with Gasteiger partial charge in [-0.2, -0.15) is 0 Å². The van der Waals surface area contributed by atoms with Crippen LogP contribution in [0.25, 0.3) is 0 Å². The molecule has 26 heavy (non-hydrogen) atoms. The lowest BCUT2D eigenvalue weighted by atomic mass is 10.2. The largest absolute Gasteiger partial charge is 0.495 e. The van der Waals surface area contributed by atoms with Gasteiger partial charge >= 0.3 is 5.97 Å². The fourth-order valence-electron chi connectivity index (χ4n) is 2.10. The maximum absolute atomic E-state index is 13.7. The number of hydrogen-bond acceptors (Lipinski definition) is 4. The molecule has 0 aliphatic rings. The van der Waals surface area contributed by atoms with E-state index in [0.717, 1.165) is 17.7 Å². The summed E-state index contributed by atoms with van der Waals surface area (Å²) in [5, 5.41) is 3.25. The van der Waals surface area contributed by atoms with E-state index in [1.54, 1.807) is 19.1 Å². The van der Waals surface area contributed by atoms with Crippen molar-refractivity contribution in [2.24, 2.45) is 0 Å². The molecule has 2 aromatic carbocycles. The van der Waals surface area contributed by atoms with E-state index in [1.807, 2.05) is 0 Å². The molecule has 0 aromatic heterocycles. The van der Waals surface area contributed by atoms with E-state index >= 15 is 0 Å². The molecule has 0 heterocycles. The Bertz CT molecular complexity index is 857. The van der Waals surface area contributed by atoms with Gasteiger partial charge in [-0.1, -0.05) is 23.2 Å². The monoisotopic (exact) mass is 399 g/mol. The molecule has 138 valence electrons. The number of hydrogen-bond donors (Lipinski definition) is 1. The average Bonchev–Trinajstić information content (AvgIpc) is 2.59. The summed E-state index contributed by atoms with van der Waals surface area (Å²) < 4.78 is 23.9. The Morgan fingerprint density at radius 1 is 1.19 bits per heavy atom. The Balaban J connectivity index is 2.12. The summed E-state index contributed by atoms with van der Waals surface area (Å²) >= 11 is 11.8. The Morgan fingerprint density at radius 3 is 2.54 bits per heavy atom. The van der Waals surface area contributed by atoms with Crippen molar-refractivity contribution >= 4 is 40.8 Å². The van der Waals surface area contributed by atoms with Crippen molar-refractivity contribution in [3.63, 3.8) is 0 Å². The first-order valence-electron chi connectivity index (χ1n) is 7.54. The lowest BCUT2D eigenvalue weighted by Gasteiger charge is -2.16. The third-order valence-corrected chi connectivity index (χ3v) is 4.18. The fourth-order valence-corrected chi connectivity index (χ4v) is 2.42. The molecular weight excluding hydrogens is 384 g/mol. The Morgan fingerprint density at radius 2 is 1.88 bits per heavy atom. The highest BCUT2D eigenvalue weighted by molar-refractivity contribution is 6.31. The van der Waals surface area contributed by atoms with E-state index in [4.69, 9.17) is 32.7 Å². The van der Waals surface area contributed by atoms with Crippen LogP contribution in [0, 0.1) is 12.7 Å². The second-order valence-electron chi connectivity index (χ2n) is 5.46. The first kappa shape index (κ1) is 20.0. The van der Waals surface area contributed by atoms with Gasteiger partial charge < -0.3 is 14.8 Å². The number of esters is 1. The molecule has 0 radical (unpaired) electrons. The van der Waals surface area contributed by atoms with Gasteiger partial charge in [0, 0.05) is 16.1 Å². The van der Waals surface area contributed by atoms with Gasteiger partial charge in [0.15, 0.2) is 6.10 Å². The molecule has 1 N–H and O–H groups in total. The minimum Gasteiger partial charge on any atom is -0.495 e. The maximum atomic E-state index is 13.7. The molecule has 8 heteroatoms. The van der Waals surface area contributed by atoms with Crippen molar-refractivity contribution < 1.29 is 23.5 Å². The molecule has 1 amide bonds. The number of benzene rings is 2. The number of methoxy groups -OCH3 is 1. The number of halogens is 3. The third-order valence-electron chi connectivity index (χ3n) is 3.54. The van der Waals surface area contributed by atoms with E-state index in [-0.39, 0.29) is 10.6 Å². The van der Waals surface area contributed by atoms with Crippen molar-refractivity contribution in [2.75, 3.05) is 12.4 Å². The smallest absolute Gasteiger partial charge is 0.341 e. The van der Waals surface area contributed by atoms with E-state index in [2.05, 4.69) is 5.32 Å². The molecule has 1 unspecified atom stereocenters. The van der Waals surface area contributed by atoms with Gasteiger partial charge in [0.2, 0.25) is 0 Å². The summed E-state index contributed by atoms with van der Waals surface area (Å²) in [4.78, 5) is 24.4. The van der Waals surface area contributed by atoms with Gasteiger partial charge in [-0.05, 0) is 43.7 Å². The number of carbonyl (C=O) groups excluding carboxylic acids is 2. The molecule has 0 fully saturated rings. The zero-order valence-electron chi connectivity index (χ0n) is 14.2. The van der Waals surface area contributed by atoms with Gasteiger partial charge in [-0.25, -0.2) is 9.18 Å². The van der Waals surface area contributed by atoms with Crippen LogP contribution in [-0.2, 0) is 9.53 Å². The topological polar surface area (TPSA) is 64.6 Å². The Labute approximate surface area is 160 Å². The maximum Gasteiger partial charge on any atom is 0.341 e. The summed E-state index contributed by atoms with van der Waals surface area (Å²) in [5.41, 5.74) is 0.752. The number of nitrogens with one attached hydrogen (secondary N) is 1. The van der Waals surface area contributed by atoms with Crippen LogP contribution in [0.15, 0.2) is 30.3 Å². The normalized spacial score (nSPS) is 11.6. The number of amides is 1. The fraction of sp³-hybridized carbons (Fsp3) is 0.222. The van der Waals surface area contributed by atoms with Gasteiger partial charge in [0.05, 0.1) is 18.4 Å². The second-order valence-corrected chi connectivity index (χ2v) is 6.31. The van der Waals surface area contributed by atoms with Crippen molar-refractivity contribution in [2.45, 2.75) is 20.0 Å². The first-order chi connectivity index (χ1) is 12.2. The number of ether oxygens (including phenoxy) is 2. The highest BCUT2D eigenvalue weighted by Gasteiger charge is 2.22. The minimum absolute atomic E-state index is 0.178. The van der Waals surface area contributed by atoms with Crippen LogP contribution in [0.1, 0.15) is 22.8 Å².